The van der Waals surface area contributed by atoms with Crippen molar-refractivity contribution in [3.05, 3.63) is 0 Å². The van der Waals surface area contributed by atoms with Crippen molar-refractivity contribution < 1.29 is 53.6 Å². The van der Waals surface area contributed by atoms with Crippen molar-refractivity contribution in [2.45, 2.75) is 0 Å². The largest absolute Gasteiger partial charge is 0 e. The normalized spacial score (nSPS) is 5.60. The molecule has 0 aliphatic rings. The molecule has 0 heterocycles. The molecule has 0 saturated carbocycles. The fourth-order valence-electron chi connectivity index (χ4n) is 0. The second kappa shape index (κ2) is 9.76. The van der Waals surface area contributed by atoms with Gasteiger partial charge >= 0.3 is 54.1 Å². The molecule has 0 aliphatic carbocycles. The zero-order valence-electron chi connectivity index (χ0n) is 1.95. The second-order valence-corrected chi connectivity index (χ2v) is 7.25. The van der Waals surface area contributed by atoms with Crippen LogP contribution in [-0.4, -0.2) is 0 Å². The van der Waals surface area contributed by atoms with Gasteiger partial charge in [0.25, 0.3) is 0 Å². The van der Waals surface area contributed by atoms with Gasteiger partial charge in [-0.2, -0.15) is 0 Å². The van der Waals surface area contributed by atoms with Crippen LogP contribution in [0, 0.1) is 0 Å². The summed E-state index contributed by atoms with van der Waals surface area (Å²) in [5.74, 6) is 0. The molecular formula is Mo2NiS2. The van der Waals surface area contributed by atoms with Crippen LogP contribution in [0.5, 0.6) is 0 Å². The first-order valence-corrected chi connectivity index (χ1v) is 7.42. The molecule has 0 nitrogen and oxygen atoms in total. The van der Waals surface area contributed by atoms with E-state index < -0.39 is 0 Å². The van der Waals surface area contributed by atoms with Gasteiger partial charge in [0, 0.05) is 16.5 Å². The van der Waals surface area contributed by atoms with Crippen LogP contribution in [0.25, 0.3) is 0 Å². The summed E-state index contributed by atoms with van der Waals surface area (Å²) in [6.45, 7) is 0. The predicted octanol–water partition coefficient (Wildman–Crippen LogP) is 1.29. The van der Waals surface area contributed by atoms with Crippen molar-refractivity contribution >= 4 is 17.0 Å². The molecule has 0 aromatic rings. The first-order chi connectivity index (χ1) is 1.91. The number of hydrogen-bond acceptors (Lipinski definition) is 2. The Labute approximate surface area is 69.5 Å². The molecule has 0 amide bonds. The van der Waals surface area contributed by atoms with Gasteiger partial charge in [0.2, 0.25) is 0 Å². The molecule has 0 spiro atoms. The van der Waals surface area contributed by atoms with E-state index in [0.717, 1.165) is 0 Å². The van der Waals surface area contributed by atoms with Crippen molar-refractivity contribution in [3.8, 4) is 0 Å². The molecule has 0 rings (SSSR count). The van der Waals surface area contributed by atoms with Crippen LogP contribution in [0.15, 0.2) is 0 Å². The minimum Gasteiger partial charge on any atom is 0 e. The molecule has 0 aromatic carbocycles. The molecule has 0 bridgehead atoms. The third kappa shape index (κ3) is 10.8. The van der Waals surface area contributed by atoms with Crippen LogP contribution in [0.1, 0.15) is 0 Å². The third-order valence-electron chi connectivity index (χ3n) is 0.0278. The van der Waals surface area contributed by atoms with E-state index >= 15 is 0 Å². The molecule has 0 fully saturated rings. The Morgan fingerprint density at radius 2 is 1.20 bits per heavy atom. The topological polar surface area (TPSA) is 0 Å². The maximum Gasteiger partial charge on any atom is 0 e. The molecule has 0 radical (unpaired) electrons. The van der Waals surface area contributed by atoms with Gasteiger partial charge < -0.3 is 0 Å². The summed E-state index contributed by atoms with van der Waals surface area (Å²) in [7, 11) is 3.58. The Morgan fingerprint density at radius 3 is 1.20 bits per heavy atom. The Kier molecular flexibility index (Phi) is 20.6. The molecule has 0 unspecified atom stereocenters. The first kappa shape index (κ1) is 10.5. The summed E-state index contributed by atoms with van der Waals surface area (Å²) in [4.78, 5) is 0. The van der Waals surface area contributed by atoms with E-state index in [-0.39, 0.29) is 16.5 Å². The smallest absolute Gasteiger partial charge is 0 e. The maximum atomic E-state index is 2.01. The van der Waals surface area contributed by atoms with Crippen LogP contribution in [-0.2, 0) is 53.6 Å². The van der Waals surface area contributed by atoms with Gasteiger partial charge in [0.05, 0.1) is 0 Å². The van der Waals surface area contributed by atoms with Crippen molar-refractivity contribution in [3.63, 3.8) is 0 Å². The summed E-state index contributed by atoms with van der Waals surface area (Å²) in [5, 5.41) is 0. The maximum absolute atomic E-state index is 2.01. The number of rotatable bonds is 1. The Balaban J connectivity index is 0. The molecule has 34 valence electrons. The molecule has 0 saturated heterocycles. The van der Waals surface area contributed by atoms with E-state index in [2.05, 4.69) is 0 Å². The molecule has 5 heavy (non-hydrogen) atoms. The van der Waals surface area contributed by atoms with E-state index in [1.807, 2.05) is 37.1 Å². The van der Waals surface area contributed by atoms with E-state index in [4.69, 9.17) is 0 Å². The van der Waals surface area contributed by atoms with Crippen LogP contribution in [0.2, 0.25) is 0 Å². The minimum absolute atomic E-state index is 0. The first-order valence-electron chi connectivity index (χ1n) is 0.500. The number of hydrogen-bond donors (Lipinski definition) is 0. The van der Waals surface area contributed by atoms with Gasteiger partial charge in [-0.25, -0.2) is 0 Å². The minimum atomic E-state index is 0. The average Bonchev–Trinajstić information content (AvgIpc) is 1.37. The van der Waals surface area contributed by atoms with E-state index in [0.29, 0.717) is 0 Å². The monoisotopic (exact) mass is 318 g/mol. The van der Waals surface area contributed by atoms with E-state index in [1.54, 1.807) is 17.0 Å². The summed E-state index contributed by atoms with van der Waals surface area (Å²) in [6.07, 6.45) is 0. The van der Waals surface area contributed by atoms with E-state index in [9.17, 15) is 0 Å². The Morgan fingerprint density at radius 1 is 1.00 bits per heavy atom. The molecular weight excluding hydrogens is 315 g/mol. The standard InChI is InChI=1S/2Mo.Ni.S2/c;;;1-2/q2*+1;;-2. The van der Waals surface area contributed by atoms with Crippen molar-refractivity contribution in [2.75, 3.05) is 0 Å². The fraction of sp³-hybridized carbons (Fsp3) is 0. The fourth-order valence-corrected chi connectivity index (χ4v) is 0. The van der Waals surface area contributed by atoms with Gasteiger partial charge in [-0.05, 0) is 0 Å². The van der Waals surface area contributed by atoms with Gasteiger partial charge in [0.15, 0.2) is 0 Å². The average molecular weight is 315 g/mol. The molecule has 5 heteroatoms. The van der Waals surface area contributed by atoms with Gasteiger partial charge in [0.1, 0.15) is 0 Å². The van der Waals surface area contributed by atoms with Gasteiger partial charge in [-0.3, -0.25) is 0 Å². The second-order valence-electron chi connectivity index (χ2n) is 0.136. The van der Waals surface area contributed by atoms with Crippen molar-refractivity contribution in [2.24, 2.45) is 0 Å². The molecule has 0 N–H and O–H groups in total. The van der Waals surface area contributed by atoms with Crippen LogP contribution < -0.4 is 0 Å². The Hall–Kier alpha value is 2.57. The summed E-state index contributed by atoms with van der Waals surface area (Å²) < 4.78 is 0. The SMILES string of the molecule is [Mo][S][S][Mo].[Ni]. The molecule has 0 atom stereocenters. The van der Waals surface area contributed by atoms with Crippen molar-refractivity contribution in [1.29, 1.82) is 0 Å². The summed E-state index contributed by atoms with van der Waals surface area (Å²) in [6, 6.07) is 0. The summed E-state index contributed by atoms with van der Waals surface area (Å²) >= 11 is 4.01. The quantitative estimate of drug-likeness (QED) is 0.528. The van der Waals surface area contributed by atoms with Gasteiger partial charge in [-0.15, -0.1) is 0 Å². The predicted molar refractivity (Wildman–Crippen MR) is 15.2 cm³/mol. The van der Waals surface area contributed by atoms with Gasteiger partial charge in [-0.1, -0.05) is 0 Å². The third-order valence-corrected chi connectivity index (χ3v) is 8.75. The zero-order valence-corrected chi connectivity index (χ0v) is 8.58. The molecule has 0 aliphatic heterocycles. The van der Waals surface area contributed by atoms with Crippen LogP contribution >= 0.6 is 17.0 Å². The van der Waals surface area contributed by atoms with E-state index in [1.165, 1.54) is 0 Å². The zero-order chi connectivity index (χ0) is 3.41. The van der Waals surface area contributed by atoms with Crippen LogP contribution in [0.4, 0.5) is 0 Å². The van der Waals surface area contributed by atoms with Crippen molar-refractivity contribution in [1.82, 2.24) is 0 Å². The van der Waals surface area contributed by atoms with Crippen LogP contribution in [0.3, 0.4) is 0 Å². The summed E-state index contributed by atoms with van der Waals surface area (Å²) in [5.41, 5.74) is 0. The Bertz CT molecular complexity index is 9.61. The molecule has 0 aromatic heterocycles.